The second-order valence-electron chi connectivity index (χ2n) is 23.2. The number of imidazole rings is 1. The third kappa shape index (κ3) is 129. The number of hydrogen-bond donors (Lipinski definition) is 3. The molecular weight excluding hydrogens is 1270 g/mol. The Morgan fingerprint density at radius 2 is 0.873 bits per heavy atom. The van der Waals surface area contributed by atoms with Crippen LogP contribution in [0.5, 0.6) is 0 Å². The van der Waals surface area contributed by atoms with Gasteiger partial charge in [0, 0.05) is 61.4 Å². The lowest BCUT2D eigenvalue weighted by Gasteiger charge is -2.05. The quantitative estimate of drug-likeness (QED) is 0.148. The van der Waals surface area contributed by atoms with Gasteiger partial charge in [-0.2, -0.15) is 40.9 Å². The van der Waals surface area contributed by atoms with Crippen molar-refractivity contribution in [3.05, 3.63) is 147 Å². The summed E-state index contributed by atoms with van der Waals surface area (Å²) in [6.07, 6.45) is 32.0. The van der Waals surface area contributed by atoms with Crippen molar-refractivity contribution < 1.29 is 4.52 Å². The molecule has 20 nitrogen and oxygen atoms in total. The molecule has 102 heavy (non-hydrogen) atoms. The first-order valence-corrected chi connectivity index (χ1v) is 38.9. The van der Waals surface area contributed by atoms with Crippen LogP contribution in [-0.4, -0.2) is 95.9 Å². The summed E-state index contributed by atoms with van der Waals surface area (Å²) in [4.78, 5) is 14.0. The van der Waals surface area contributed by atoms with Crippen molar-refractivity contribution in [3.8, 4) is 0 Å². The number of fused-ring (bicyclic) bond motifs is 1. The van der Waals surface area contributed by atoms with Crippen LogP contribution in [0.25, 0.3) is 11.0 Å². The Bertz CT molecular complexity index is 2160. The van der Waals surface area contributed by atoms with Crippen molar-refractivity contribution in [3.63, 3.8) is 0 Å². The number of aromatic nitrogens is 19. The fourth-order valence-corrected chi connectivity index (χ4v) is 4.75. The molecule has 598 valence electrons. The van der Waals surface area contributed by atoms with Crippen LogP contribution >= 0.6 is 0 Å². The number of hydrogen-bond acceptors (Lipinski definition) is 15. The lowest BCUT2D eigenvalue weighted by atomic mass is 10.0. The smallest absolute Gasteiger partial charge is 0.138 e. The second kappa shape index (κ2) is 115. The first-order valence-electron chi connectivity index (χ1n) is 38.9. The number of nitrogens with zero attached hydrogens (tertiary/aromatic N) is 16. The van der Waals surface area contributed by atoms with Gasteiger partial charge < -0.3 is 9.51 Å². The molecule has 1 aromatic carbocycles. The summed E-state index contributed by atoms with van der Waals surface area (Å²) in [6, 6.07) is 16.2. The van der Waals surface area contributed by atoms with Crippen LogP contribution in [0, 0.1) is 29.6 Å². The molecule has 0 bridgehead atoms. The van der Waals surface area contributed by atoms with E-state index in [4.69, 9.17) is 0 Å². The first kappa shape index (κ1) is 124. The predicted molar refractivity (Wildman–Crippen MR) is 451 cm³/mol. The van der Waals surface area contributed by atoms with E-state index in [1.54, 1.807) is 62.0 Å². The lowest BCUT2D eigenvalue weighted by Crippen LogP contribution is -2.02. The van der Waals surface area contributed by atoms with Gasteiger partial charge in [-0.3, -0.25) is 9.78 Å². The molecule has 10 rings (SSSR count). The highest BCUT2D eigenvalue weighted by Gasteiger charge is 2.05. The van der Waals surface area contributed by atoms with Gasteiger partial charge in [0.25, 0.3) is 0 Å². The minimum Gasteiger partial charge on any atom is -0.365 e. The van der Waals surface area contributed by atoms with Crippen molar-refractivity contribution in [2.24, 2.45) is 29.6 Å². The van der Waals surface area contributed by atoms with Gasteiger partial charge >= 0.3 is 0 Å². The molecule has 0 unspecified atom stereocenters. The van der Waals surface area contributed by atoms with E-state index >= 15 is 0 Å². The molecule has 1 saturated carbocycles. The van der Waals surface area contributed by atoms with E-state index in [0.29, 0.717) is 23.9 Å². The maximum absolute atomic E-state index is 4.33. The highest BCUT2D eigenvalue weighted by molar-refractivity contribution is 5.73. The van der Waals surface area contributed by atoms with Crippen LogP contribution in [0.15, 0.2) is 140 Å². The van der Waals surface area contributed by atoms with Crippen molar-refractivity contribution in [2.45, 2.75) is 346 Å². The number of aromatic amines is 3. The number of rotatable bonds is 4. The average Bonchev–Trinajstić information content (AvgIpc) is 1.68. The summed E-state index contributed by atoms with van der Waals surface area (Å²) in [5, 5.41) is 46.0. The molecule has 9 aromatic rings. The largest absolute Gasteiger partial charge is 0.365 e. The zero-order chi connectivity index (χ0) is 82.2. The minimum absolute atomic E-state index is 0.373. The Kier molecular flexibility index (Phi) is 140. The van der Waals surface area contributed by atoms with Crippen molar-refractivity contribution in [2.75, 3.05) is 0 Å². The van der Waals surface area contributed by atoms with Crippen LogP contribution < -0.4 is 0 Å². The molecule has 8 heterocycles. The molecule has 0 spiro atoms. The van der Waals surface area contributed by atoms with Crippen LogP contribution in [0.1, 0.15) is 358 Å². The molecule has 8 aromatic heterocycles. The van der Waals surface area contributed by atoms with E-state index in [9.17, 15) is 0 Å². The van der Waals surface area contributed by atoms with Crippen LogP contribution in [0.2, 0.25) is 0 Å². The Balaban J connectivity index is -0.0000000755. The summed E-state index contributed by atoms with van der Waals surface area (Å²) < 4.78 is 8.18. The molecule has 0 radical (unpaired) electrons. The third-order valence-corrected chi connectivity index (χ3v) is 8.07. The topological polar surface area (TPSA) is 251 Å². The van der Waals surface area contributed by atoms with Crippen LogP contribution in [0.3, 0.4) is 0 Å². The molecule has 1 fully saturated rings. The van der Waals surface area contributed by atoms with Crippen LogP contribution in [-0.2, 0) is 0 Å². The average molecular weight is 1440 g/mol. The highest BCUT2D eigenvalue weighted by atomic mass is 16.5. The van der Waals surface area contributed by atoms with E-state index in [1.807, 2.05) is 183 Å². The van der Waals surface area contributed by atoms with E-state index in [1.165, 1.54) is 63.6 Å². The van der Waals surface area contributed by atoms with Gasteiger partial charge in [-0.1, -0.05) is 317 Å². The fourth-order valence-electron chi connectivity index (χ4n) is 4.75. The van der Waals surface area contributed by atoms with Gasteiger partial charge in [0.15, 0.2) is 0 Å². The number of nitrogens with one attached hydrogen (secondary N) is 3. The summed E-state index contributed by atoms with van der Waals surface area (Å²) >= 11 is 0. The zero-order valence-electron chi connectivity index (χ0n) is 74.2. The van der Waals surface area contributed by atoms with E-state index in [2.05, 4.69) is 250 Å². The normalized spacial score (nSPS) is 9.20. The number of benzene rings is 1. The molecule has 0 atom stereocenters. The SMILES string of the molecule is C1CCCCC1.CC.CC.CC.CC.CC.CC.CC.CC.CC.CC(C)C.CC(C)C.CC(C)C.CC(C)C.CC(C)C.CC(C)c1cn[nH]n1.CC(C)c1ncn[nH]1.CC(C)n1cccn1.CC(C)n1nnc2ccccc21.c1c[nH]cn1.c1ccnnc1.c1cnncn1.c1cnoc1. The molecule has 3 N–H and O–H groups in total. The maximum atomic E-state index is 4.33. The van der Waals surface area contributed by atoms with E-state index < -0.39 is 0 Å². The third-order valence-electron chi connectivity index (χ3n) is 8.07. The fraction of sp³-hybridized carbons (Fsp3) is 0.683. The molecule has 0 amide bonds. The Morgan fingerprint density at radius 1 is 0.422 bits per heavy atom. The first-order chi connectivity index (χ1) is 48.9. The Morgan fingerprint density at radius 3 is 1.07 bits per heavy atom. The maximum Gasteiger partial charge on any atom is 0.138 e. The second-order valence-corrected chi connectivity index (χ2v) is 23.2. The summed E-state index contributed by atoms with van der Waals surface area (Å²) in [5.41, 5.74) is 3.09. The summed E-state index contributed by atoms with van der Waals surface area (Å²) in [5.74, 6) is 6.05. The highest BCUT2D eigenvalue weighted by Crippen LogP contribution is 2.16. The van der Waals surface area contributed by atoms with Crippen molar-refractivity contribution >= 4 is 11.0 Å². The molecule has 0 aliphatic heterocycles. The van der Waals surface area contributed by atoms with Gasteiger partial charge in [-0.05, 0) is 99.6 Å². The summed E-state index contributed by atoms with van der Waals surface area (Å²) in [6.45, 7) is 85.2. The predicted octanol–water partition coefficient (Wildman–Crippen LogP) is 26.7. The Hall–Kier alpha value is -7.38. The van der Waals surface area contributed by atoms with Crippen molar-refractivity contribution in [1.82, 2.24) is 95.9 Å². The van der Waals surface area contributed by atoms with Gasteiger partial charge in [0.2, 0.25) is 0 Å². The number of H-pyrrole nitrogens is 3. The van der Waals surface area contributed by atoms with E-state index in [0.717, 1.165) is 52.1 Å². The standard InChI is InChI=1S/C9H11N3.C6H10N2.C6H12.2C5H9N3.C4H4N2.5C4H10.C3H3N3.C3H4N2.C3H3NO.9C2H6/c1-7(2)12-9-6-4-3-5-8(9)10-11-12;1-6(2)8-5-3-4-7-8;1-2-4-6-5-3-1;1-4(2)5-6-3-7-8-5;1-4(2)5-3-6-8-7-5;1-2-4-6-5-3-1;5*1-4(2)3;1-2-5-6-3-4-1;1-2-5-3-4-1;1-2-4-5-3-1;9*1-2/h3-7H,1-2H3;3-6H,1-2H3;1-6H2;2*3-4H,1-2H3,(H,6,7,8);1-4H;5*4H,1-3H3;1-3H;1-3H,(H,4,5);1-3H;9*1-2H3. The molecular formula is C82H169N19O. The summed E-state index contributed by atoms with van der Waals surface area (Å²) in [7, 11) is 0. The number of para-hydroxylation sites is 1. The monoisotopic (exact) mass is 1440 g/mol. The lowest BCUT2D eigenvalue weighted by molar-refractivity contribution is 0.420. The molecule has 0 saturated heterocycles. The van der Waals surface area contributed by atoms with E-state index in [-0.39, 0.29) is 0 Å². The Labute approximate surface area is 631 Å². The molecule has 20 heteroatoms. The van der Waals surface area contributed by atoms with Gasteiger partial charge in [-0.25, -0.2) is 19.6 Å². The molecule has 1 aliphatic carbocycles. The van der Waals surface area contributed by atoms with Crippen molar-refractivity contribution in [1.29, 1.82) is 0 Å². The van der Waals surface area contributed by atoms with Gasteiger partial charge in [0.05, 0.1) is 36.1 Å². The minimum atomic E-state index is 0.373. The van der Waals surface area contributed by atoms with Crippen LogP contribution in [0.4, 0.5) is 0 Å². The van der Waals surface area contributed by atoms with Gasteiger partial charge in [0.1, 0.15) is 30.3 Å². The van der Waals surface area contributed by atoms with Gasteiger partial charge in [-0.15, -0.1) is 10.2 Å². The molecule has 1 aliphatic rings. The zero-order valence-corrected chi connectivity index (χ0v) is 74.2.